The maximum Gasteiger partial charge on any atom is 0.306 e. The Morgan fingerprint density at radius 3 is 2.95 bits per heavy atom. The number of aryl methyl sites for hydroxylation is 1. The zero-order valence-electron chi connectivity index (χ0n) is 12.2. The monoisotopic (exact) mass is 277 g/mol. The molecule has 2 N–H and O–H groups in total. The highest BCUT2D eigenvalue weighted by molar-refractivity contribution is 5.70. The van der Waals surface area contributed by atoms with Crippen molar-refractivity contribution in [3.8, 4) is 5.75 Å². The molecule has 1 aliphatic carbocycles. The van der Waals surface area contributed by atoms with Crippen LogP contribution in [0.3, 0.4) is 0 Å². The van der Waals surface area contributed by atoms with Gasteiger partial charge in [-0.1, -0.05) is 24.1 Å². The molecule has 1 fully saturated rings. The first-order valence-electron chi connectivity index (χ1n) is 7.20. The number of benzene rings is 1. The molecular weight excluding hydrogens is 254 g/mol. The Labute approximate surface area is 120 Å². The van der Waals surface area contributed by atoms with Crippen LogP contribution in [0.5, 0.6) is 5.75 Å². The lowest BCUT2D eigenvalue weighted by molar-refractivity contribution is -0.143. The molecule has 2 unspecified atom stereocenters. The van der Waals surface area contributed by atoms with Crippen molar-refractivity contribution < 1.29 is 14.6 Å². The van der Waals surface area contributed by atoms with Crippen LogP contribution in [0.1, 0.15) is 36.8 Å². The summed E-state index contributed by atoms with van der Waals surface area (Å²) in [6.07, 6.45) is 3.57. The molecule has 20 heavy (non-hydrogen) atoms. The number of nitrogens with one attached hydrogen (secondary N) is 1. The summed E-state index contributed by atoms with van der Waals surface area (Å²) in [6, 6.07) is 6.41. The third-order valence-corrected chi connectivity index (χ3v) is 4.04. The maximum atomic E-state index is 11.1. The summed E-state index contributed by atoms with van der Waals surface area (Å²) >= 11 is 0. The lowest BCUT2D eigenvalue weighted by Crippen LogP contribution is -2.36. The van der Waals surface area contributed by atoms with Crippen molar-refractivity contribution in [2.75, 3.05) is 7.11 Å². The van der Waals surface area contributed by atoms with Gasteiger partial charge in [-0.2, -0.15) is 0 Å². The van der Waals surface area contributed by atoms with Gasteiger partial charge in [0, 0.05) is 18.2 Å². The molecule has 0 spiro atoms. The van der Waals surface area contributed by atoms with Crippen molar-refractivity contribution in [3.05, 3.63) is 29.3 Å². The van der Waals surface area contributed by atoms with Gasteiger partial charge in [-0.3, -0.25) is 4.79 Å². The second-order valence-corrected chi connectivity index (χ2v) is 5.59. The minimum atomic E-state index is -0.662. The predicted octanol–water partition coefficient (Wildman–Crippen LogP) is 2.74. The van der Waals surface area contributed by atoms with Crippen molar-refractivity contribution >= 4 is 5.97 Å². The van der Waals surface area contributed by atoms with E-state index in [9.17, 15) is 4.79 Å². The van der Waals surface area contributed by atoms with Crippen LogP contribution in [0.4, 0.5) is 0 Å². The Morgan fingerprint density at radius 1 is 1.45 bits per heavy atom. The van der Waals surface area contributed by atoms with Gasteiger partial charge in [0.05, 0.1) is 13.0 Å². The summed E-state index contributed by atoms with van der Waals surface area (Å²) in [5.41, 5.74) is 2.33. The van der Waals surface area contributed by atoms with Gasteiger partial charge in [0.15, 0.2) is 0 Å². The Kier molecular flexibility index (Phi) is 5.01. The summed E-state index contributed by atoms with van der Waals surface area (Å²) in [5, 5.41) is 12.6. The SMILES string of the molecule is COc1ccc(C)cc1CNC1CCCC(C(=O)O)C1. The molecule has 0 aromatic heterocycles. The summed E-state index contributed by atoms with van der Waals surface area (Å²) < 4.78 is 5.37. The van der Waals surface area contributed by atoms with Crippen LogP contribution in [-0.2, 0) is 11.3 Å². The standard InChI is InChI=1S/C16H23NO3/c1-11-6-7-15(20-2)13(8-11)10-17-14-5-3-4-12(9-14)16(18)19/h6-8,12,14,17H,3-5,9-10H2,1-2H3,(H,18,19). The first-order valence-corrected chi connectivity index (χ1v) is 7.20. The summed E-state index contributed by atoms with van der Waals surface area (Å²) in [5.74, 6) is 0.0268. The van der Waals surface area contributed by atoms with Crippen LogP contribution in [0.15, 0.2) is 18.2 Å². The Balaban J connectivity index is 1.95. The highest BCUT2D eigenvalue weighted by atomic mass is 16.5. The second-order valence-electron chi connectivity index (χ2n) is 5.59. The number of carbonyl (C=O) groups is 1. The summed E-state index contributed by atoms with van der Waals surface area (Å²) in [4.78, 5) is 11.1. The average molecular weight is 277 g/mol. The van der Waals surface area contributed by atoms with E-state index < -0.39 is 5.97 Å². The number of carboxylic acid groups (broad SMARTS) is 1. The Morgan fingerprint density at radius 2 is 2.25 bits per heavy atom. The summed E-state index contributed by atoms with van der Waals surface area (Å²) in [7, 11) is 1.68. The van der Waals surface area contributed by atoms with E-state index in [1.807, 2.05) is 12.1 Å². The van der Waals surface area contributed by atoms with Gasteiger partial charge in [0.1, 0.15) is 5.75 Å². The van der Waals surface area contributed by atoms with E-state index in [-0.39, 0.29) is 12.0 Å². The van der Waals surface area contributed by atoms with Gasteiger partial charge < -0.3 is 15.2 Å². The molecule has 0 radical (unpaired) electrons. The quantitative estimate of drug-likeness (QED) is 0.869. The van der Waals surface area contributed by atoms with Crippen LogP contribution in [0.2, 0.25) is 0 Å². The van der Waals surface area contributed by atoms with Gasteiger partial charge in [0.2, 0.25) is 0 Å². The van der Waals surface area contributed by atoms with E-state index >= 15 is 0 Å². The van der Waals surface area contributed by atoms with Crippen LogP contribution >= 0.6 is 0 Å². The second kappa shape index (κ2) is 6.75. The molecule has 4 nitrogen and oxygen atoms in total. The molecule has 0 heterocycles. The zero-order chi connectivity index (χ0) is 14.5. The maximum absolute atomic E-state index is 11.1. The molecule has 0 aliphatic heterocycles. The average Bonchev–Trinajstić information content (AvgIpc) is 2.45. The number of hydrogen-bond donors (Lipinski definition) is 2. The molecule has 0 bridgehead atoms. The van der Waals surface area contributed by atoms with Gasteiger partial charge in [0.25, 0.3) is 0 Å². The van der Waals surface area contributed by atoms with Crippen LogP contribution in [0, 0.1) is 12.8 Å². The molecule has 1 saturated carbocycles. The molecule has 0 saturated heterocycles. The third-order valence-electron chi connectivity index (χ3n) is 4.04. The lowest BCUT2D eigenvalue weighted by Gasteiger charge is -2.27. The molecule has 110 valence electrons. The number of hydrogen-bond acceptors (Lipinski definition) is 3. The fourth-order valence-electron chi connectivity index (χ4n) is 2.90. The molecular formula is C16H23NO3. The lowest BCUT2D eigenvalue weighted by atomic mass is 9.85. The van der Waals surface area contributed by atoms with Gasteiger partial charge >= 0.3 is 5.97 Å². The fraction of sp³-hybridized carbons (Fsp3) is 0.562. The highest BCUT2D eigenvalue weighted by Gasteiger charge is 2.26. The Bertz CT molecular complexity index is 473. The van der Waals surface area contributed by atoms with Crippen molar-refractivity contribution in [1.29, 1.82) is 0 Å². The number of ether oxygens (including phenoxy) is 1. The number of methoxy groups -OCH3 is 1. The van der Waals surface area contributed by atoms with E-state index in [0.717, 1.165) is 43.5 Å². The van der Waals surface area contributed by atoms with E-state index in [1.54, 1.807) is 7.11 Å². The van der Waals surface area contributed by atoms with Crippen molar-refractivity contribution in [2.45, 2.75) is 45.2 Å². The van der Waals surface area contributed by atoms with Crippen molar-refractivity contribution in [2.24, 2.45) is 5.92 Å². The molecule has 1 aromatic carbocycles. The van der Waals surface area contributed by atoms with Crippen LogP contribution in [0.25, 0.3) is 0 Å². The van der Waals surface area contributed by atoms with E-state index in [4.69, 9.17) is 9.84 Å². The predicted molar refractivity (Wildman–Crippen MR) is 78.0 cm³/mol. The largest absolute Gasteiger partial charge is 0.496 e. The normalized spacial score (nSPS) is 22.5. The van der Waals surface area contributed by atoms with Crippen LogP contribution < -0.4 is 10.1 Å². The topological polar surface area (TPSA) is 58.6 Å². The van der Waals surface area contributed by atoms with Gasteiger partial charge in [-0.15, -0.1) is 0 Å². The van der Waals surface area contributed by atoms with E-state index in [1.165, 1.54) is 5.56 Å². The Hall–Kier alpha value is -1.55. The number of rotatable bonds is 5. The fourth-order valence-corrected chi connectivity index (χ4v) is 2.90. The first-order chi connectivity index (χ1) is 9.60. The number of aliphatic carboxylic acids is 1. The molecule has 2 rings (SSSR count). The minimum Gasteiger partial charge on any atom is -0.496 e. The minimum absolute atomic E-state index is 0.194. The van der Waals surface area contributed by atoms with E-state index in [0.29, 0.717) is 0 Å². The molecule has 2 atom stereocenters. The van der Waals surface area contributed by atoms with Crippen molar-refractivity contribution in [3.63, 3.8) is 0 Å². The first kappa shape index (κ1) is 14.9. The zero-order valence-corrected chi connectivity index (χ0v) is 12.2. The summed E-state index contributed by atoms with van der Waals surface area (Å²) in [6.45, 7) is 2.78. The molecule has 1 aliphatic rings. The van der Waals surface area contributed by atoms with Gasteiger partial charge in [-0.05, 0) is 32.3 Å². The van der Waals surface area contributed by atoms with Crippen molar-refractivity contribution in [1.82, 2.24) is 5.32 Å². The van der Waals surface area contributed by atoms with Crippen LogP contribution in [-0.4, -0.2) is 24.2 Å². The molecule has 4 heteroatoms. The smallest absolute Gasteiger partial charge is 0.306 e. The third kappa shape index (κ3) is 3.73. The highest BCUT2D eigenvalue weighted by Crippen LogP contribution is 2.25. The molecule has 0 amide bonds. The van der Waals surface area contributed by atoms with Gasteiger partial charge in [-0.25, -0.2) is 0 Å². The number of carboxylic acids is 1. The molecule has 1 aromatic rings. The van der Waals surface area contributed by atoms with E-state index in [2.05, 4.69) is 18.3 Å².